The first-order chi connectivity index (χ1) is 10.2. The van der Waals surface area contributed by atoms with Crippen LogP contribution in [0.25, 0.3) is 0 Å². The third-order valence-corrected chi connectivity index (χ3v) is 3.20. The third-order valence-electron chi connectivity index (χ3n) is 3.20. The molecule has 0 aliphatic carbocycles. The maximum Gasteiger partial charge on any atom is 0.226 e. The van der Waals surface area contributed by atoms with E-state index in [1.54, 1.807) is 31.2 Å². The fraction of sp³-hybridized carbons (Fsp3) is 0.467. The Hall–Kier alpha value is -1.63. The molecule has 7 heteroatoms. The van der Waals surface area contributed by atoms with E-state index in [0.717, 1.165) is 12.2 Å². The van der Waals surface area contributed by atoms with E-state index < -0.39 is 0 Å². The molecule has 1 aromatic carbocycles. The van der Waals surface area contributed by atoms with Gasteiger partial charge in [0.05, 0.1) is 13.2 Å². The quantitative estimate of drug-likeness (QED) is 0.770. The summed E-state index contributed by atoms with van der Waals surface area (Å²) in [5.41, 5.74) is 1.44. The summed E-state index contributed by atoms with van der Waals surface area (Å²) in [6.45, 7) is 3.84. The number of carbonyl (C=O) groups is 2. The molecule has 1 aromatic rings. The molecule has 0 radical (unpaired) electrons. The van der Waals surface area contributed by atoms with Gasteiger partial charge in [-0.05, 0) is 24.3 Å². The lowest BCUT2D eigenvalue weighted by molar-refractivity contribution is -0.117. The zero-order chi connectivity index (χ0) is 15.1. The molecule has 1 saturated heterocycles. The second-order valence-electron chi connectivity index (χ2n) is 4.96. The molecule has 1 heterocycles. The lowest BCUT2D eigenvalue weighted by Gasteiger charge is -2.23. The highest BCUT2D eigenvalue weighted by Crippen LogP contribution is 2.14. The van der Waals surface area contributed by atoms with Crippen molar-refractivity contribution in [2.75, 3.05) is 30.4 Å². The summed E-state index contributed by atoms with van der Waals surface area (Å²) in [6.07, 6.45) is 0.823. The highest BCUT2D eigenvalue weighted by atomic mass is 35.5. The van der Waals surface area contributed by atoms with Gasteiger partial charge in [0.15, 0.2) is 0 Å². The van der Waals surface area contributed by atoms with Crippen LogP contribution in [-0.4, -0.2) is 37.6 Å². The van der Waals surface area contributed by atoms with E-state index in [1.165, 1.54) is 0 Å². The molecule has 2 amide bonds. The van der Waals surface area contributed by atoms with E-state index in [-0.39, 0.29) is 30.3 Å². The van der Waals surface area contributed by atoms with E-state index in [9.17, 15) is 9.59 Å². The molecule has 1 atom stereocenters. The molecule has 0 bridgehead atoms. The van der Waals surface area contributed by atoms with Gasteiger partial charge in [0, 0.05) is 36.8 Å². The van der Waals surface area contributed by atoms with Gasteiger partial charge in [-0.2, -0.15) is 0 Å². The number of benzene rings is 1. The Balaban J connectivity index is 0.00000242. The number of ether oxygens (including phenoxy) is 1. The molecule has 0 saturated carbocycles. The maximum absolute atomic E-state index is 11.9. The molecule has 0 spiro atoms. The minimum atomic E-state index is -0.0525. The van der Waals surface area contributed by atoms with Gasteiger partial charge in [0.1, 0.15) is 0 Å². The molecular weight excluding hydrogens is 306 g/mol. The van der Waals surface area contributed by atoms with Crippen LogP contribution in [0.15, 0.2) is 24.3 Å². The number of amides is 2. The first kappa shape index (κ1) is 18.4. The predicted octanol–water partition coefficient (Wildman–Crippen LogP) is 1.77. The smallest absolute Gasteiger partial charge is 0.226 e. The van der Waals surface area contributed by atoms with Crippen LogP contribution < -0.4 is 16.0 Å². The van der Waals surface area contributed by atoms with Crippen molar-refractivity contribution in [1.29, 1.82) is 0 Å². The highest BCUT2D eigenvalue weighted by molar-refractivity contribution is 5.93. The number of carbonyl (C=O) groups excluding carboxylic acids is 2. The summed E-state index contributed by atoms with van der Waals surface area (Å²) in [5.74, 6) is -0.0847. The summed E-state index contributed by atoms with van der Waals surface area (Å²) in [4.78, 5) is 23.2. The van der Waals surface area contributed by atoms with Crippen LogP contribution in [0.3, 0.4) is 0 Å². The standard InChI is InChI=1S/C15H21N3O3.ClH/c1-2-14(19)17-11-3-5-12(6-4-11)18-15(20)9-13-10-21-8-7-16-13;/h3-6,13,16H,2,7-10H2,1H3,(H,17,19)(H,18,20);1H. The van der Waals surface area contributed by atoms with Crippen molar-refractivity contribution in [1.82, 2.24) is 5.32 Å². The Bertz CT molecular complexity index is 487. The largest absolute Gasteiger partial charge is 0.378 e. The number of hydrogen-bond acceptors (Lipinski definition) is 4. The van der Waals surface area contributed by atoms with Crippen molar-refractivity contribution >= 4 is 35.6 Å². The normalized spacial score (nSPS) is 17.2. The van der Waals surface area contributed by atoms with Crippen LogP contribution in [0, 0.1) is 0 Å². The summed E-state index contributed by atoms with van der Waals surface area (Å²) in [7, 11) is 0. The van der Waals surface area contributed by atoms with Crippen LogP contribution >= 0.6 is 12.4 Å². The van der Waals surface area contributed by atoms with Crippen molar-refractivity contribution in [3.63, 3.8) is 0 Å². The van der Waals surface area contributed by atoms with Crippen LogP contribution in [0.4, 0.5) is 11.4 Å². The van der Waals surface area contributed by atoms with Gasteiger partial charge in [-0.25, -0.2) is 0 Å². The lowest BCUT2D eigenvalue weighted by atomic mass is 10.2. The second kappa shape index (κ2) is 9.40. The fourth-order valence-corrected chi connectivity index (χ4v) is 2.07. The molecule has 0 aromatic heterocycles. The molecule has 22 heavy (non-hydrogen) atoms. The number of halogens is 1. The number of morpholine rings is 1. The molecule has 1 aliphatic heterocycles. The SMILES string of the molecule is CCC(=O)Nc1ccc(NC(=O)CC2COCCN2)cc1.Cl. The number of rotatable bonds is 5. The van der Waals surface area contributed by atoms with Gasteiger partial charge in [0.2, 0.25) is 11.8 Å². The van der Waals surface area contributed by atoms with Crippen LogP contribution in [-0.2, 0) is 14.3 Å². The van der Waals surface area contributed by atoms with Gasteiger partial charge >= 0.3 is 0 Å². The van der Waals surface area contributed by atoms with Gasteiger partial charge in [-0.3, -0.25) is 9.59 Å². The molecule has 122 valence electrons. The number of anilines is 2. The summed E-state index contributed by atoms with van der Waals surface area (Å²) < 4.78 is 5.31. The third kappa shape index (κ3) is 6.01. The Kier molecular flexibility index (Phi) is 7.87. The Morgan fingerprint density at radius 3 is 2.27 bits per heavy atom. The number of hydrogen-bond donors (Lipinski definition) is 3. The molecule has 2 rings (SSSR count). The molecule has 3 N–H and O–H groups in total. The Morgan fingerprint density at radius 1 is 1.18 bits per heavy atom. The topological polar surface area (TPSA) is 79.5 Å². The Labute approximate surface area is 136 Å². The van der Waals surface area contributed by atoms with Gasteiger partial charge in [-0.15, -0.1) is 12.4 Å². The van der Waals surface area contributed by atoms with E-state index in [1.807, 2.05) is 0 Å². The fourth-order valence-electron chi connectivity index (χ4n) is 2.07. The molecule has 6 nitrogen and oxygen atoms in total. The van der Waals surface area contributed by atoms with Crippen molar-refractivity contribution in [3.05, 3.63) is 24.3 Å². The van der Waals surface area contributed by atoms with Crippen LogP contribution in [0.2, 0.25) is 0 Å². The monoisotopic (exact) mass is 327 g/mol. The average molecular weight is 328 g/mol. The van der Waals surface area contributed by atoms with Gasteiger partial charge < -0.3 is 20.7 Å². The predicted molar refractivity (Wildman–Crippen MR) is 88.5 cm³/mol. The van der Waals surface area contributed by atoms with E-state index >= 15 is 0 Å². The summed E-state index contributed by atoms with van der Waals surface area (Å²) in [6, 6.07) is 7.15. The van der Waals surface area contributed by atoms with Crippen LogP contribution in [0.1, 0.15) is 19.8 Å². The second-order valence-corrected chi connectivity index (χ2v) is 4.96. The first-order valence-electron chi connectivity index (χ1n) is 7.18. The molecule has 1 aliphatic rings. The van der Waals surface area contributed by atoms with Gasteiger partial charge in [-0.1, -0.05) is 6.92 Å². The minimum absolute atomic E-state index is 0. The maximum atomic E-state index is 11.9. The minimum Gasteiger partial charge on any atom is -0.378 e. The Morgan fingerprint density at radius 2 is 1.77 bits per heavy atom. The van der Waals surface area contributed by atoms with Crippen molar-refractivity contribution in [2.45, 2.75) is 25.8 Å². The highest BCUT2D eigenvalue weighted by Gasteiger charge is 2.16. The molecule has 1 fully saturated rings. The van der Waals surface area contributed by atoms with E-state index in [0.29, 0.717) is 31.7 Å². The lowest BCUT2D eigenvalue weighted by Crippen LogP contribution is -2.43. The first-order valence-corrected chi connectivity index (χ1v) is 7.18. The van der Waals surface area contributed by atoms with Gasteiger partial charge in [0.25, 0.3) is 0 Å². The average Bonchev–Trinajstić information content (AvgIpc) is 2.50. The van der Waals surface area contributed by atoms with Crippen LogP contribution in [0.5, 0.6) is 0 Å². The number of nitrogens with one attached hydrogen (secondary N) is 3. The zero-order valence-corrected chi connectivity index (χ0v) is 13.4. The van der Waals surface area contributed by atoms with E-state index in [4.69, 9.17) is 4.74 Å². The van der Waals surface area contributed by atoms with Crippen molar-refractivity contribution in [2.24, 2.45) is 0 Å². The van der Waals surface area contributed by atoms with E-state index in [2.05, 4.69) is 16.0 Å². The van der Waals surface area contributed by atoms with Crippen molar-refractivity contribution in [3.8, 4) is 0 Å². The summed E-state index contributed by atoms with van der Waals surface area (Å²) >= 11 is 0. The molecular formula is C15H22ClN3O3. The van der Waals surface area contributed by atoms with Crippen molar-refractivity contribution < 1.29 is 14.3 Å². The molecule has 1 unspecified atom stereocenters. The zero-order valence-electron chi connectivity index (χ0n) is 12.6. The summed E-state index contributed by atoms with van der Waals surface area (Å²) in [5, 5.41) is 8.84.